The SMILES string of the molecule is CCCC[C@H](CC)C(=O)c1cccc(F)c1. The first kappa shape index (κ1) is 12.9. The molecule has 1 aromatic rings. The molecule has 1 aromatic carbocycles. The third-order valence-corrected chi connectivity index (χ3v) is 2.88. The summed E-state index contributed by atoms with van der Waals surface area (Å²) >= 11 is 0. The van der Waals surface area contributed by atoms with Crippen LogP contribution in [-0.2, 0) is 0 Å². The van der Waals surface area contributed by atoms with Crippen molar-refractivity contribution in [2.75, 3.05) is 0 Å². The van der Waals surface area contributed by atoms with Gasteiger partial charge in [-0.1, -0.05) is 38.8 Å². The molecule has 0 saturated heterocycles. The number of halogens is 1. The van der Waals surface area contributed by atoms with Crippen LogP contribution in [0.2, 0.25) is 0 Å². The average Bonchev–Trinajstić information content (AvgIpc) is 2.29. The Hall–Kier alpha value is -1.18. The molecule has 0 amide bonds. The van der Waals surface area contributed by atoms with E-state index in [0.717, 1.165) is 25.7 Å². The van der Waals surface area contributed by atoms with Crippen LogP contribution in [0, 0.1) is 11.7 Å². The first-order chi connectivity index (χ1) is 7.69. The quantitative estimate of drug-likeness (QED) is 0.658. The molecule has 0 bridgehead atoms. The minimum atomic E-state index is -0.337. The summed E-state index contributed by atoms with van der Waals surface area (Å²) in [6.45, 7) is 4.12. The number of hydrogen-bond acceptors (Lipinski definition) is 1. The van der Waals surface area contributed by atoms with Crippen LogP contribution in [0.4, 0.5) is 4.39 Å². The second-order valence-corrected chi connectivity index (χ2v) is 4.12. The summed E-state index contributed by atoms with van der Waals surface area (Å²) in [5.74, 6) is -0.214. The first-order valence-electron chi connectivity index (χ1n) is 5.98. The van der Waals surface area contributed by atoms with E-state index in [1.54, 1.807) is 12.1 Å². The standard InChI is InChI=1S/C14H19FO/c1-3-5-7-11(4-2)14(16)12-8-6-9-13(15)10-12/h6,8-11H,3-5,7H2,1-2H3/t11-/m0/s1. The molecule has 0 heterocycles. The van der Waals surface area contributed by atoms with Crippen LogP contribution >= 0.6 is 0 Å². The van der Waals surface area contributed by atoms with Gasteiger partial charge < -0.3 is 0 Å². The summed E-state index contributed by atoms with van der Waals surface area (Å²) in [6, 6.07) is 5.98. The summed E-state index contributed by atoms with van der Waals surface area (Å²) < 4.78 is 13.0. The van der Waals surface area contributed by atoms with Crippen molar-refractivity contribution < 1.29 is 9.18 Å². The van der Waals surface area contributed by atoms with Gasteiger partial charge in [0.05, 0.1) is 0 Å². The fourth-order valence-corrected chi connectivity index (χ4v) is 1.85. The molecule has 0 unspecified atom stereocenters. The maximum atomic E-state index is 13.0. The lowest BCUT2D eigenvalue weighted by Gasteiger charge is -2.13. The van der Waals surface area contributed by atoms with Crippen molar-refractivity contribution in [2.24, 2.45) is 5.92 Å². The van der Waals surface area contributed by atoms with Crippen LogP contribution in [0.3, 0.4) is 0 Å². The van der Waals surface area contributed by atoms with Gasteiger partial charge in [0.1, 0.15) is 5.82 Å². The molecule has 0 radical (unpaired) electrons. The Kier molecular flexibility index (Phi) is 5.17. The molecule has 1 atom stereocenters. The molecule has 16 heavy (non-hydrogen) atoms. The van der Waals surface area contributed by atoms with Crippen molar-refractivity contribution in [3.63, 3.8) is 0 Å². The van der Waals surface area contributed by atoms with Gasteiger partial charge in [0, 0.05) is 11.5 Å². The number of benzene rings is 1. The van der Waals surface area contributed by atoms with Crippen molar-refractivity contribution in [3.8, 4) is 0 Å². The third kappa shape index (κ3) is 3.44. The summed E-state index contributed by atoms with van der Waals surface area (Å²) in [7, 11) is 0. The number of carbonyl (C=O) groups excluding carboxylic acids is 1. The molecular formula is C14H19FO. The molecule has 1 rings (SSSR count). The van der Waals surface area contributed by atoms with E-state index in [-0.39, 0.29) is 17.5 Å². The van der Waals surface area contributed by atoms with Crippen molar-refractivity contribution in [1.82, 2.24) is 0 Å². The summed E-state index contributed by atoms with van der Waals surface area (Å²) in [5.41, 5.74) is 0.503. The van der Waals surface area contributed by atoms with Crippen molar-refractivity contribution in [2.45, 2.75) is 39.5 Å². The highest BCUT2D eigenvalue weighted by atomic mass is 19.1. The van der Waals surface area contributed by atoms with Gasteiger partial charge in [0.2, 0.25) is 0 Å². The van der Waals surface area contributed by atoms with E-state index < -0.39 is 0 Å². The topological polar surface area (TPSA) is 17.1 Å². The van der Waals surface area contributed by atoms with Crippen LogP contribution in [0.1, 0.15) is 49.9 Å². The van der Waals surface area contributed by atoms with E-state index in [1.165, 1.54) is 12.1 Å². The highest BCUT2D eigenvalue weighted by Gasteiger charge is 2.17. The molecule has 0 spiro atoms. The van der Waals surface area contributed by atoms with Gasteiger partial charge in [0.25, 0.3) is 0 Å². The summed E-state index contributed by atoms with van der Waals surface area (Å²) in [4.78, 5) is 12.1. The van der Waals surface area contributed by atoms with Crippen LogP contribution in [0.25, 0.3) is 0 Å². The van der Waals surface area contributed by atoms with Gasteiger partial charge in [0.15, 0.2) is 5.78 Å². The Balaban J connectivity index is 2.74. The molecule has 1 nitrogen and oxygen atoms in total. The largest absolute Gasteiger partial charge is 0.294 e. The Bertz CT molecular complexity index is 346. The molecule has 0 aliphatic carbocycles. The normalized spacial score (nSPS) is 12.4. The van der Waals surface area contributed by atoms with Crippen LogP contribution in [0.15, 0.2) is 24.3 Å². The van der Waals surface area contributed by atoms with Crippen LogP contribution in [-0.4, -0.2) is 5.78 Å². The summed E-state index contributed by atoms with van der Waals surface area (Å²) in [6.07, 6.45) is 3.88. The zero-order valence-electron chi connectivity index (χ0n) is 10.0. The second-order valence-electron chi connectivity index (χ2n) is 4.12. The number of ketones is 1. The van der Waals surface area contributed by atoms with Gasteiger partial charge in [-0.05, 0) is 25.0 Å². The van der Waals surface area contributed by atoms with E-state index >= 15 is 0 Å². The summed E-state index contributed by atoms with van der Waals surface area (Å²) in [5, 5.41) is 0. The van der Waals surface area contributed by atoms with E-state index in [9.17, 15) is 9.18 Å². The third-order valence-electron chi connectivity index (χ3n) is 2.88. The molecular weight excluding hydrogens is 203 g/mol. The number of Topliss-reactive ketones (excluding diaryl/α,β-unsaturated/α-hetero) is 1. The predicted octanol–water partition coefficient (Wildman–Crippen LogP) is 4.22. The molecule has 0 saturated carbocycles. The lowest BCUT2D eigenvalue weighted by Crippen LogP contribution is -2.14. The van der Waals surface area contributed by atoms with Crippen molar-refractivity contribution in [3.05, 3.63) is 35.6 Å². The lowest BCUT2D eigenvalue weighted by molar-refractivity contribution is 0.0907. The van der Waals surface area contributed by atoms with Gasteiger partial charge in [-0.15, -0.1) is 0 Å². The van der Waals surface area contributed by atoms with Gasteiger partial charge in [-0.25, -0.2) is 4.39 Å². The minimum Gasteiger partial charge on any atom is -0.294 e. The Morgan fingerprint density at radius 2 is 2.12 bits per heavy atom. The maximum absolute atomic E-state index is 13.0. The zero-order chi connectivity index (χ0) is 12.0. The monoisotopic (exact) mass is 222 g/mol. The van der Waals surface area contributed by atoms with Crippen molar-refractivity contribution >= 4 is 5.78 Å². The molecule has 0 fully saturated rings. The fourth-order valence-electron chi connectivity index (χ4n) is 1.85. The second kappa shape index (κ2) is 6.41. The molecule has 0 aromatic heterocycles. The Labute approximate surface area is 96.7 Å². The number of unbranched alkanes of at least 4 members (excludes halogenated alkanes) is 1. The highest BCUT2D eigenvalue weighted by molar-refractivity contribution is 5.97. The van der Waals surface area contributed by atoms with Crippen LogP contribution < -0.4 is 0 Å². The predicted molar refractivity (Wildman–Crippen MR) is 64.0 cm³/mol. The van der Waals surface area contributed by atoms with Crippen LogP contribution in [0.5, 0.6) is 0 Å². The smallest absolute Gasteiger partial charge is 0.166 e. The first-order valence-corrected chi connectivity index (χ1v) is 5.98. The fraction of sp³-hybridized carbons (Fsp3) is 0.500. The maximum Gasteiger partial charge on any atom is 0.166 e. The number of carbonyl (C=O) groups is 1. The minimum absolute atomic E-state index is 0.0433. The molecule has 88 valence electrons. The highest BCUT2D eigenvalue weighted by Crippen LogP contribution is 2.19. The van der Waals surface area contributed by atoms with E-state index in [4.69, 9.17) is 0 Å². The molecule has 2 heteroatoms. The zero-order valence-corrected chi connectivity index (χ0v) is 10.0. The average molecular weight is 222 g/mol. The van der Waals surface area contributed by atoms with Gasteiger partial charge in [-0.3, -0.25) is 4.79 Å². The Morgan fingerprint density at radius 3 is 2.69 bits per heavy atom. The van der Waals surface area contributed by atoms with E-state index in [1.807, 2.05) is 6.92 Å². The number of rotatable bonds is 6. The van der Waals surface area contributed by atoms with E-state index in [2.05, 4.69) is 6.92 Å². The molecule has 0 N–H and O–H groups in total. The van der Waals surface area contributed by atoms with Crippen molar-refractivity contribution in [1.29, 1.82) is 0 Å². The lowest BCUT2D eigenvalue weighted by atomic mass is 9.91. The van der Waals surface area contributed by atoms with Gasteiger partial charge >= 0.3 is 0 Å². The van der Waals surface area contributed by atoms with E-state index in [0.29, 0.717) is 5.56 Å². The number of hydrogen-bond donors (Lipinski definition) is 0. The molecule has 0 aliphatic rings. The Morgan fingerprint density at radius 1 is 1.38 bits per heavy atom. The van der Waals surface area contributed by atoms with Gasteiger partial charge in [-0.2, -0.15) is 0 Å². The molecule has 0 aliphatic heterocycles.